The molecule has 0 heterocycles. The second-order valence-electron chi connectivity index (χ2n) is 6.02. The first-order valence-electron chi connectivity index (χ1n) is 8.12. The summed E-state index contributed by atoms with van der Waals surface area (Å²) in [5.41, 5.74) is 2.41. The average Bonchev–Trinajstić information content (AvgIpc) is 2.57. The summed E-state index contributed by atoms with van der Waals surface area (Å²) in [7, 11) is -3.53. The molecule has 0 aliphatic heterocycles. The first kappa shape index (κ1) is 19.1. The van der Waals surface area contributed by atoms with Gasteiger partial charge in [-0.2, -0.15) is 0 Å². The van der Waals surface area contributed by atoms with Gasteiger partial charge in [0.15, 0.2) is 9.84 Å². The molecule has 2 aromatic rings. The van der Waals surface area contributed by atoms with Gasteiger partial charge in [-0.1, -0.05) is 48.0 Å². The van der Waals surface area contributed by atoms with Crippen LogP contribution in [0.1, 0.15) is 23.1 Å². The molecule has 0 saturated heterocycles. The summed E-state index contributed by atoms with van der Waals surface area (Å²) in [5, 5.41) is 2.72. The number of hydrogen-bond acceptors (Lipinski definition) is 3. The molecule has 1 amide bonds. The highest BCUT2D eigenvalue weighted by molar-refractivity contribution is 7.90. The molecule has 2 aromatic carbocycles. The molecular weight excluding hydrogens is 341 g/mol. The number of rotatable bonds is 8. The van der Waals surface area contributed by atoms with E-state index in [-0.39, 0.29) is 23.6 Å². The van der Waals surface area contributed by atoms with Gasteiger partial charge in [0.25, 0.3) is 0 Å². The summed E-state index contributed by atoms with van der Waals surface area (Å²) >= 11 is 0. The van der Waals surface area contributed by atoms with Gasteiger partial charge in [0, 0.05) is 18.5 Å². The number of nitrogens with one attached hydrogen (secondary N) is 1. The SMILES string of the molecule is Cc1ccc(CCNC(=O)CCS(=O)(=O)Cc2ccccc2F)cc1. The van der Waals surface area contributed by atoms with Crippen LogP contribution in [-0.2, 0) is 26.8 Å². The maximum absolute atomic E-state index is 13.5. The third-order valence-corrected chi connectivity index (χ3v) is 5.41. The normalized spacial score (nSPS) is 11.3. The third-order valence-electron chi connectivity index (χ3n) is 3.83. The molecule has 0 spiro atoms. The Balaban J connectivity index is 1.75. The van der Waals surface area contributed by atoms with E-state index in [1.54, 1.807) is 6.07 Å². The topological polar surface area (TPSA) is 63.2 Å². The molecule has 0 saturated carbocycles. The molecule has 4 nitrogen and oxygen atoms in total. The van der Waals surface area contributed by atoms with Gasteiger partial charge in [0.05, 0.1) is 11.5 Å². The van der Waals surface area contributed by atoms with E-state index in [0.29, 0.717) is 13.0 Å². The van der Waals surface area contributed by atoms with Gasteiger partial charge in [-0.3, -0.25) is 4.79 Å². The number of carbonyl (C=O) groups excluding carboxylic acids is 1. The number of benzene rings is 2. The van der Waals surface area contributed by atoms with Crippen LogP contribution < -0.4 is 5.32 Å². The van der Waals surface area contributed by atoms with Crippen LogP contribution >= 0.6 is 0 Å². The zero-order valence-electron chi connectivity index (χ0n) is 14.2. The lowest BCUT2D eigenvalue weighted by Crippen LogP contribution is -2.27. The van der Waals surface area contributed by atoms with Crippen molar-refractivity contribution in [2.24, 2.45) is 0 Å². The zero-order chi connectivity index (χ0) is 18.3. The van der Waals surface area contributed by atoms with Crippen molar-refractivity contribution < 1.29 is 17.6 Å². The van der Waals surface area contributed by atoms with E-state index >= 15 is 0 Å². The minimum atomic E-state index is -3.53. The molecule has 0 aromatic heterocycles. The Labute approximate surface area is 148 Å². The molecule has 0 fully saturated rings. The maximum atomic E-state index is 13.5. The van der Waals surface area contributed by atoms with Crippen molar-refractivity contribution in [3.05, 3.63) is 71.0 Å². The van der Waals surface area contributed by atoms with Crippen molar-refractivity contribution in [2.45, 2.75) is 25.5 Å². The van der Waals surface area contributed by atoms with Crippen LogP contribution in [0, 0.1) is 12.7 Å². The van der Waals surface area contributed by atoms with Crippen molar-refractivity contribution >= 4 is 15.7 Å². The summed E-state index contributed by atoms with van der Waals surface area (Å²) in [6, 6.07) is 13.8. The molecule has 134 valence electrons. The smallest absolute Gasteiger partial charge is 0.221 e. The number of sulfone groups is 1. The van der Waals surface area contributed by atoms with Crippen molar-refractivity contribution in [1.29, 1.82) is 0 Å². The lowest BCUT2D eigenvalue weighted by molar-refractivity contribution is -0.120. The minimum Gasteiger partial charge on any atom is -0.356 e. The molecular formula is C19H22FNO3S. The molecule has 0 radical (unpaired) electrons. The fourth-order valence-corrected chi connectivity index (χ4v) is 3.71. The van der Waals surface area contributed by atoms with Crippen molar-refractivity contribution in [3.8, 4) is 0 Å². The summed E-state index contributed by atoms with van der Waals surface area (Å²) in [6.45, 7) is 2.46. The number of amides is 1. The molecule has 0 unspecified atom stereocenters. The second-order valence-corrected chi connectivity index (χ2v) is 8.20. The Morgan fingerprint density at radius 1 is 1.08 bits per heavy atom. The predicted molar refractivity (Wildman–Crippen MR) is 96.4 cm³/mol. The first-order chi connectivity index (χ1) is 11.9. The van der Waals surface area contributed by atoms with Crippen LogP contribution in [-0.4, -0.2) is 26.6 Å². The van der Waals surface area contributed by atoms with Gasteiger partial charge in [0.2, 0.25) is 5.91 Å². The fraction of sp³-hybridized carbons (Fsp3) is 0.316. The molecule has 0 aliphatic carbocycles. The van der Waals surface area contributed by atoms with E-state index in [1.807, 2.05) is 31.2 Å². The van der Waals surface area contributed by atoms with E-state index in [2.05, 4.69) is 5.32 Å². The lowest BCUT2D eigenvalue weighted by Gasteiger charge is -2.07. The van der Waals surface area contributed by atoms with E-state index in [4.69, 9.17) is 0 Å². The Kier molecular flexibility index (Phi) is 6.70. The van der Waals surface area contributed by atoms with Gasteiger partial charge in [-0.05, 0) is 25.0 Å². The monoisotopic (exact) mass is 363 g/mol. The summed E-state index contributed by atoms with van der Waals surface area (Å²) in [5.74, 6) is -1.55. The Bertz CT molecular complexity index is 817. The van der Waals surface area contributed by atoms with Crippen molar-refractivity contribution in [3.63, 3.8) is 0 Å². The van der Waals surface area contributed by atoms with Crippen LogP contribution in [0.2, 0.25) is 0 Å². The highest BCUT2D eigenvalue weighted by Crippen LogP contribution is 2.12. The largest absolute Gasteiger partial charge is 0.356 e. The fourth-order valence-electron chi connectivity index (χ4n) is 2.36. The van der Waals surface area contributed by atoms with Crippen molar-refractivity contribution in [1.82, 2.24) is 5.32 Å². The zero-order valence-corrected chi connectivity index (χ0v) is 15.0. The quantitative estimate of drug-likeness (QED) is 0.784. The molecule has 0 atom stereocenters. The summed E-state index contributed by atoms with van der Waals surface area (Å²) in [6.07, 6.45) is 0.568. The Morgan fingerprint density at radius 2 is 1.76 bits per heavy atom. The molecule has 6 heteroatoms. The van der Waals surface area contributed by atoms with E-state index in [1.165, 1.54) is 23.8 Å². The average molecular weight is 363 g/mol. The molecule has 0 bridgehead atoms. The first-order valence-corrected chi connectivity index (χ1v) is 9.94. The standard InChI is InChI=1S/C19H22FNO3S/c1-15-6-8-16(9-7-15)10-12-21-19(22)11-13-25(23,24)14-17-4-2-3-5-18(17)20/h2-9H,10-14H2,1H3,(H,21,22). The van der Waals surface area contributed by atoms with Crippen LogP contribution in [0.25, 0.3) is 0 Å². The molecule has 1 N–H and O–H groups in total. The van der Waals surface area contributed by atoms with Gasteiger partial charge in [-0.25, -0.2) is 12.8 Å². The van der Waals surface area contributed by atoms with Crippen LogP contribution in [0.5, 0.6) is 0 Å². The number of carbonyl (C=O) groups is 1. The number of hydrogen-bond donors (Lipinski definition) is 1. The third kappa shape index (κ3) is 6.66. The second kappa shape index (κ2) is 8.76. The highest BCUT2D eigenvalue weighted by atomic mass is 32.2. The lowest BCUT2D eigenvalue weighted by atomic mass is 10.1. The molecule has 2 rings (SSSR count). The van der Waals surface area contributed by atoms with Gasteiger partial charge in [0.1, 0.15) is 5.82 Å². The minimum absolute atomic E-state index is 0.120. The maximum Gasteiger partial charge on any atom is 0.221 e. The van der Waals surface area contributed by atoms with E-state index in [9.17, 15) is 17.6 Å². The summed E-state index contributed by atoms with van der Waals surface area (Å²) < 4.78 is 37.6. The van der Waals surface area contributed by atoms with Crippen LogP contribution in [0.3, 0.4) is 0 Å². The van der Waals surface area contributed by atoms with Gasteiger partial charge >= 0.3 is 0 Å². The van der Waals surface area contributed by atoms with Gasteiger partial charge < -0.3 is 5.32 Å². The highest BCUT2D eigenvalue weighted by Gasteiger charge is 2.16. The van der Waals surface area contributed by atoms with Crippen LogP contribution in [0.15, 0.2) is 48.5 Å². The van der Waals surface area contributed by atoms with E-state index < -0.39 is 21.4 Å². The molecule has 25 heavy (non-hydrogen) atoms. The number of halogens is 1. The van der Waals surface area contributed by atoms with E-state index in [0.717, 1.165) is 5.56 Å². The summed E-state index contributed by atoms with van der Waals surface area (Å²) in [4.78, 5) is 11.8. The molecule has 0 aliphatic rings. The van der Waals surface area contributed by atoms with Crippen molar-refractivity contribution in [2.75, 3.05) is 12.3 Å². The van der Waals surface area contributed by atoms with Crippen LogP contribution in [0.4, 0.5) is 4.39 Å². The Morgan fingerprint density at radius 3 is 2.44 bits per heavy atom. The number of aryl methyl sites for hydroxylation is 1. The van der Waals surface area contributed by atoms with Gasteiger partial charge in [-0.15, -0.1) is 0 Å². The Hall–Kier alpha value is -2.21. The predicted octanol–water partition coefficient (Wildman–Crippen LogP) is 2.80.